The SMILES string of the molecule is Brc1ccnc(-c2ccccn2)c1.NCCCCCCNc1ccnc(-c2ccccn2)c1.[HH]. The van der Waals surface area contributed by atoms with Gasteiger partial charge in [0.05, 0.1) is 22.8 Å². The molecule has 0 amide bonds. The molecule has 4 aromatic heterocycles. The van der Waals surface area contributed by atoms with Crippen molar-refractivity contribution in [1.29, 1.82) is 0 Å². The van der Waals surface area contributed by atoms with E-state index >= 15 is 0 Å². The molecule has 6 nitrogen and oxygen atoms in total. The quantitative estimate of drug-likeness (QED) is 0.261. The van der Waals surface area contributed by atoms with Crippen molar-refractivity contribution in [3.05, 3.63) is 89.9 Å². The Morgan fingerprint density at radius 2 is 1.27 bits per heavy atom. The van der Waals surface area contributed by atoms with Gasteiger partial charge in [-0.05, 0) is 67.9 Å². The predicted molar refractivity (Wildman–Crippen MR) is 141 cm³/mol. The predicted octanol–water partition coefficient (Wildman–Crippen LogP) is 6.23. The Bertz CT molecular complexity index is 1080. The van der Waals surface area contributed by atoms with Crippen molar-refractivity contribution < 1.29 is 1.43 Å². The minimum atomic E-state index is 0. The Hall–Kier alpha value is -3.16. The lowest BCUT2D eigenvalue weighted by atomic mass is 10.2. The van der Waals surface area contributed by atoms with Gasteiger partial charge in [-0.1, -0.05) is 40.9 Å². The highest BCUT2D eigenvalue weighted by Crippen LogP contribution is 2.18. The molecule has 0 aliphatic heterocycles. The molecule has 172 valence electrons. The summed E-state index contributed by atoms with van der Waals surface area (Å²) in [7, 11) is 0. The Morgan fingerprint density at radius 1 is 0.667 bits per heavy atom. The van der Waals surface area contributed by atoms with Gasteiger partial charge >= 0.3 is 0 Å². The summed E-state index contributed by atoms with van der Waals surface area (Å²) in [6, 6.07) is 19.5. The van der Waals surface area contributed by atoms with Crippen LogP contribution in [0.2, 0.25) is 0 Å². The van der Waals surface area contributed by atoms with Crippen molar-refractivity contribution in [3.8, 4) is 22.8 Å². The second kappa shape index (κ2) is 14.1. The Morgan fingerprint density at radius 3 is 1.88 bits per heavy atom. The molecule has 0 radical (unpaired) electrons. The van der Waals surface area contributed by atoms with Crippen LogP contribution in [0.4, 0.5) is 5.69 Å². The van der Waals surface area contributed by atoms with E-state index in [0.29, 0.717) is 0 Å². The highest BCUT2D eigenvalue weighted by atomic mass is 79.9. The second-order valence-electron chi connectivity index (χ2n) is 7.35. The number of unbranched alkanes of at least 4 members (excludes halogenated alkanes) is 3. The molecule has 0 atom stereocenters. The molecule has 0 aromatic carbocycles. The van der Waals surface area contributed by atoms with Crippen molar-refractivity contribution >= 4 is 21.6 Å². The van der Waals surface area contributed by atoms with Gasteiger partial charge in [0.2, 0.25) is 0 Å². The van der Waals surface area contributed by atoms with Crippen LogP contribution in [0, 0.1) is 0 Å². The Balaban J connectivity index is 0.000000253. The van der Waals surface area contributed by atoms with E-state index in [-0.39, 0.29) is 1.43 Å². The number of nitrogens with two attached hydrogens (primary N) is 1. The van der Waals surface area contributed by atoms with Crippen LogP contribution in [0.25, 0.3) is 22.8 Å². The van der Waals surface area contributed by atoms with Gasteiger partial charge in [-0.15, -0.1) is 0 Å². The molecule has 0 bridgehead atoms. The zero-order valence-electron chi connectivity index (χ0n) is 18.6. The number of hydrogen-bond acceptors (Lipinski definition) is 6. The summed E-state index contributed by atoms with van der Waals surface area (Å²) < 4.78 is 1.02. The zero-order chi connectivity index (χ0) is 23.1. The van der Waals surface area contributed by atoms with Crippen molar-refractivity contribution in [2.75, 3.05) is 18.4 Å². The van der Waals surface area contributed by atoms with E-state index in [1.54, 1.807) is 18.6 Å². The van der Waals surface area contributed by atoms with E-state index in [9.17, 15) is 0 Å². The van der Waals surface area contributed by atoms with Crippen molar-refractivity contribution in [1.82, 2.24) is 19.9 Å². The molecule has 4 heterocycles. The third kappa shape index (κ3) is 8.71. The number of anilines is 1. The lowest BCUT2D eigenvalue weighted by Crippen LogP contribution is -2.03. The maximum Gasteiger partial charge on any atom is 0.0906 e. The smallest absolute Gasteiger partial charge is 0.0906 e. The highest BCUT2D eigenvalue weighted by molar-refractivity contribution is 9.10. The van der Waals surface area contributed by atoms with Gasteiger partial charge in [0.15, 0.2) is 0 Å². The van der Waals surface area contributed by atoms with Gasteiger partial charge in [0.25, 0.3) is 0 Å². The number of halogens is 1. The fourth-order valence-electron chi connectivity index (χ4n) is 3.11. The zero-order valence-corrected chi connectivity index (χ0v) is 20.2. The molecule has 7 heteroatoms. The summed E-state index contributed by atoms with van der Waals surface area (Å²) in [6.07, 6.45) is 11.9. The van der Waals surface area contributed by atoms with E-state index in [4.69, 9.17) is 5.73 Å². The van der Waals surface area contributed by atoms with E-state index < -0.39 is 0 Å². The first-order valence-electron chi connectivity index (χ1n) is 11.1. The highest BCUT2D eigenvalue weighted by Gasteiger charge is 2.01. The van der Waals surface area contributed by atoms with Gasteiger partial charge in [0.1, 0.15) is 0 Å². The Labute approximate surface area is 205 Å². The lowest BCUT2D eigenvalue weighted by molar-refractivity contribution is 0.661. The summed E-state index contributed by atoms with van der Waals surface area (Å²) >= 11 is 3.39. The van der Waals surface area contributed by atoms with Gasteiger partial charge in [-0.2, -0.15) is 0 Å². The molecule has 0 unspecified atom stereocenters. The summed E-state index contributed by atoms with van der Waals surface area (Å²) in [5, 5.41) is 3.43. The maximum atomic E-state index is 5.48. The van der Waals surface area contributed by atoms with Crippen LogP contribution >= 0.6 is 15.9 Å². The molecule has 0 aliphatic carbocycles. The maximum absolute atomic E-state index is 5.48. The first kappa shape index (κ1) is 24.5. The number of aromatic nitrogens is 4. The fraction of sp³-hybridized carbons (Fsp3) is 0.231. The normalized spacial score (nSPS) is 10.2. The summed E-state index contributed by atoms with van der Waals surface area (Å²) in [6.45, 7) is 1.78. The lowest BCUT2D eigenvalue weighted by Gasteiger charge is -2.07. The molecule has 0 fully saturated rings. The largest absolute Gasteiger partial charge is 0.385 e. The van der Waals surface area contributed by atoms with Gasteiger partial charge in [-0.3, -0.25) is 19.9 Å². The van der Waals surface area contributed by atoms with Crippen molar-refractivity contribution in [3.63, 3.8) is 0 Å². The Kier molecular flexibility index (Phi) is 10.4. The van der Waals surface area contributed by atoms with Gasteiger partial charge < -0.3 is 11.1 Å². The number of pyridine rings is 4. The summed E-state index contributed by atoms with van der Waals surface area (Å²) in [5.41, 5.74) is 10.2. The van der Waals surface area contributed by atoms with E-state index in [1.807, 2.05) is 66.9 Å². The van der Waals surface area contributed by atoms with Crippen LogP contribution in [0.5, 0.6) is 0 Å². The van der Waals surface area contributed by atoms with E-state index in [1.165, 1.54) is 19.3 Å². The second-order valence-corrected chi connectivity index (χ2v) is 8.26. The first-order chi connectivity index (χ1) is 16.3. The molecule has 0 saturated heterocycles. The molecule has 4 rings (SSSR count). The first-order valence-corrected chi connectivity index (χ1v) is 11.9. The summed E-state index contributed by atoms with van der Waals surface area (Å²) in [5.74, 6) is 0. The van der Waals surface area contributed by atoms with Crippen LogP contribution in [0.15, 0.2) is 89.9 Å². The molecule has 0 aliphatic rings. The van der Waals surface area contributed by atoms with Crippen LogP contribution in [0.3, 0.4) is 0 Å². The van der Waals surface area contributed by atoms with Crippen LogP contribution < -0.4 is 11.1 Å². The van der Waals surface area contributed by atoms with Crippen LogP contribution in [-0.4, -0.2) is 33.0 Å². The van der Waals surface area contributed by atoms with E-state index in [0.717, 1.165) is 52.4 Å². The van der Waals surface area contributed by atoms with Crippen molar-refractivity contribution in [2.24, 2.45) is 5.73 Å². The number of nitrogens with one attached hydrogen (secondary N) is 1. The average molecular weight is 507 g/mol. The molecule has 33 heavy (non-hydrogen) atoms. The molecule has 3 N–H and O–H groups in total. The molecular formula is C26H31BrN6. The third-order valence-electron chi connectivity index (χ3n) is 4.80. The molecule has 0 spiro atoms. The average Bonchev–Trinajstić information content (AvgIpc) is 2.88. The van der Waals surface area contributed by atoms with Crippen molar-refractivity contribution in [2.45, 2.75) is 25.7 Å². The van der Waals surface area contributed by atoms with Crippen LogP contribution in [-0.2, 0) is 0 Å². The molecule has 0 saturated carbocycles. The molecular weight excluding hydrogens is 476 g/mol. The fourth-order valence-corrected chi connectivity index (χ4v) is 3.44. The standard InChI is InChI=1S/C16H22N4.C10H7BrN2.H2/c17-9-4-1-2-5-10-18-14-8-12-20-16(13-14)15-7-3-6-11-19-15;11-8-4-6-13-10(7-8)9-3-1-2-5-12-9;/h3,6-8,11-13H,1-2,4-5,9-10,17H2,(H,18,20);1-7H;1H. The monoisotopic (exact) mass is 506 g/mol. The third-order valence-corrected chi connectivity index (χ3v) is 5.29. The number of hydrogen-bond donors (Lipinski definition) is 2. The number of nitrogens with zero attached hydrogens (tertiary/aromatic N) is 4. The minimum absolute atomic E-state index is 0. The number of rotatable bonds is 9. The molecule has 4 aromatic rings. The van der Waals surface area contributed by atoms with Gasteiger partial charge in [0, 0.05) is 42.9 Å². The van der Waals surface area contributed by atoms with Crippen LogP contribution in [0.1, 0.15) is 27.1 Å². The summed E-state index contributed by atoms with van der Waals surface area (Å²) in [4.78, 5) is 17.1. The van der Waals surface area contributed by atoms with Gasteiger partial charge in [-0.25, -0.2) is 0 Å². The topological polar surface area (TPSA) is 89.6 Å². The minimum Gasteiger partial charge on any atom is -0.385 e. The van der Waals surface area contributed by atoms with E-state index in [2.05, 4.69) is 41.2 Å².